The van der Waals surface area contributed by atoms with Gasteiger partial charge in [0.15, 0.2) is 11.6 Å². The van der Waals surface area contributed by atoms with E-state index in [4.69, 9.17) is 5.73 Å². The minimum Gasteiger partial charge on any atom is -0.324 e. The summed E-state index contributed by atoms with van der Waals surface area (Å²) in [4.78, 5) is 0. The van der Waals surface area contributed by atoms with Crippen molar-refractivity contribution in [3.8, 4) is 17.1 Å². The second-order valence-electron chi connectivity index (χ2n) is 4.44. The van der Waals surface area contributed by atoms with Gasteiger partial charge in [0.1, 0.15) is 5.82 Å². The van der Waals surface area contributed by atoms with Crippen LogP contribution in [0.25, 0.3) is 17.1 Å². The molecule has 1 heterocycles. The molecule has 2 N–H and O–H groups in total. The smallest absolute Gasteiger partial charge is 0.168 e. The summed E-state index contributed by atoms with van der Waals surface area (Å²) in [5.41, 5.74) is 7.26. The third-order valence-corrected chi connectivity index (χ3v) is 3.75. The Morgan fingerprint density at radius 3 is 2.52 bits per heavy atom. The number of aromatic nitrogens is 3. The Morgan fingerprint density at radius 1 is 1.10 bits per heavy atom. The molecule has 0 bridgehead atoms. The van der Waals surface area contributed by atoms with E-state index in [2.05, 4.69) is 26.1 Å². The predicted octanol–water partition coefficient (Wildman–Crippen LogP) is 3.29. The first-order valence-electron chi connectivity index (χ1n) is 6.36. The van der Waals surface area contributed by atoms with Gasteiger partial charge < -0.3 is 5.73 Å². The first-order valence-corrected chi connectivity index (χ1v) is 7.15. The van der Waals surface area contributed by atoms with Gasteiger partial charge in [0, 0.05) is 11.3 Å². The Bertz CT molecular complexity index is 771. The summed E-state index contributed by atoms with van der Waals surface area (Å²) >= 11 is 3.15. The molecule has 0 saturated carbocycles. The molecule has 0 amide bonds. The summed E-state index contributed by atoms with van der Waals surface area (Å²) in [5.74, 6) is 0.844. The number of nitrogens with zero attached hydrogens (tertiary/aromatic N) is 3. The van der Waals surface area contributed by atoms with E-state index in [1.54, 1.807) is 12.1 Å². The van der Waals surface area contributed by atoms with Crippen molar-refractivity contribution in [2.75, 3.05) is 0 Å². The largest absolute Gasteiger partial charge is 0.324 e. The highest BCUT2D eigenvalue weighted by Gasteiger charge is 2.15. The monoisotopic (exact) mass is 346 g/mol. The standard InChI is InChI=1S/C15H12BrFN4/c16-12-7-6-10(8-13(12)17)15-20-19-14(9-18)21(15)11-4-2-1-3-5-11/h1-8H,9,18H2. The second-order valence-corrected chi connectivity index (χ2v) is 5.30. The molecular formula is C15H12BrFN4. The number of benzene rings is 2. The van der Waals surface area contributed by atoms with Crippen molar-refractivity contribution in [2.45, 2.75) is 6.54 Å². The lowest BCUT2D eigenvalue weighted by molar-refractivity contribution is 0.621. The summed E-state index contributed by atoms with van der Waals surface area (Å²) in [6.45, 7) is 0.251. The average Bonchev–Trinajstić information content (AvgIpc) is 2.95. The van der Waals surface area contributed by atoms with Gasteiger partial charge in [-0.15, -0.1) is 10.2 Å². The van der Waals surface area contributed by atoms with E-state index in [1.807, 2.05) is 34.9 Å². The summed E-state index contributed by atoms with van der Waals surface area (Å²) in [6.07, 6.45) is 0. The molecule has 0 radical (unpaired) electrons. The molecule has 0 atom stereocenters. The Hall–Kier alpha value is -2.05. The normalized spacial score (nSPS) is 10.8. The van der Waals surface area contributed by atoms with E-state index < -0.39 is 0 Å². The van der Waals surface area contributed by atoms with Gasteiger partial charge in [0.2, 0.25) is 0 Å². The van der Waals surface area contributed by atoms with Crippen molar-refractivity contribution >= 4 is 15.9 Å². The molecule has 0 aliphatic carbocycles. The zero-order valence-corrected chi connectivity index (χ0v) is 12.6. The molecule has 3 aromatic rings. The molecule has 4 nitrogen and oxygen atoms in total. The molecule has 0 spiro atoms. The molecule has 3 rings (SSSR count). The highest BCUT2D eigenvalue weighted by Crippen LogP contribution is 2.26. The lowest BCUT2D eigenvalue weighted by Crippen LogP contribution is -2.07. The summed E-state index contributed by atoms with van der Waals surface area (Å²) < 4.78 is 16.0. The van der Waals surface area contributed by atoms with Crippen LogP contribution >= 0.6 is 15.9 Å². The predicted molar refractivity (Wildman–Crippen MR) is 82.3 cm³/mol. The van der Waals surface area contributed by atoms with Gasteiger partial charge >= 0.3 is 0 Å². The molecule has 0 aliphatic rings. The highest BCUT2D eigenvalue weighted by atomic mass is 79.9. The quantitative estimate of drug-likeness (QED) is 0.791. The number of nitrogens with two attached hydrogens (primary N) is 1. The third kappa shape index (κ3) is 2.59. The summed E-state index contributed by atoms with van der Waals surface area (Å²) in [6, 6.07) is 14.5. The average molecular weight is 347 g/mol. The zero-order chi connectivity index (χ0) is 14.8. The molecular weight excluding hydrogens is 335 g/mol. The van der Waals surface area contributed by atoms with Crippen molar-refractivity contribution < 1.29 is 4.39 Å². The van der Waals surface area contributed by atoms with Crippen LogP contribution in [0.2, 0.25) is 0 Å². The van der Waals surface area contributed by atoms with E-state index in [9.17, 15) is 4.39 Å². The van der Waals surface area contributed by atoms with Gasteiger partial charge in [-0.25, -0.2) is 4.39 Å². The number of rotatable bonds is 3. The topological polar surface area (TPSA) is 56.7 Å². The first kappa shape index (κ1) is 13.9. The van der Waals surface area contributed by atoms with Crippen molar-refractivity contribution in [1.82, 2.24) is 14.8 Å². The van der Waals surface area contributed by atoms with Crippen LogP contribution in [-0.4, -0.2) is 14.8 Å². The van der Waals surface area contributed by atoms with Crippen LogP contribution in [0.5, 0.6) is 0 Å². The highest BCUT2D eigenvalue weighted by molar-refractivity contribution is 9.10. The molecule has 6 heteroatoms. The van der Waals surface area contributed by atoms with Crippen molar-refractivity contribution in [2.24, 2.45) is 5.73 Å². The second kappa shape index (κ2) is 5.75. The molecule has 0 fully saturated rings. The number of hydrogen-bond acceptors (Lipinski definition) is 3. The van der Waals surface area contributed by atoms with E-state index in [-0.39, 0.29) is 12.4 Å². The summed E-state index contributed by atoms with van der Waals surface area (Å²) in [7, 11) is 0. The zero-order valence-electron chi connectivity index (χ0n) is 11.0. The lowest BCUT2D eigenvalue weighted by Gasteiger charge is -2.10. The van der Waals surface area contributed by atoms with Crippen molar-refractivity contribution in [1.29, 1.82) is 0 Å². The Kier molecular flexibility index (Phi) is 3.81. The van der Waals surface area contributed by atoms with Crippen LogP contribution in [0.4, 0.5) is 4.39 Å². The van der Waals surface area contributed by atoms with Gasteiger partial charge in [-0.05, 0) is 46.3 Å². The molecule has 0 unspecified atom stereocenters. The number of halogens is 2. The minimum absolute atomic E-state index is 0.251. The van der Waals surface area contributed by atoms with Gasteiger partial charge in [0.25, 0.3) is 0 Å². The summed E-state index contributed by atoms with van der Waals surface area (Å²) in [5, 5.41) is 8.25. The van der Waals surface area contributed by atoms with Gasteiger partial charge in [-0.2, -0.15) is 0 Å². The van der Waals surface area contributed by atoms with Crippen molar-refractivity contribution in [3.63, 3.8) is 0 Å². The van der Waals surface area contributed by atoms with Crippen LogP contribution in [0.1, 0.15) is 5.82 Å². The fraction of sp³-hybridized carbons (Fsp3) is 0.0667. The first-order chi connectivity index (χ1) is 10.2. The fourth-order valence-corrected chi connectivity index (χ4v) is 2.37. The van der Waals surface area contributed by atoms with Crippen LogP contribution in [0, 0.1) is 5.82 Å². The van der Waals surface area contributed by atoms with E-state index in [0.717, 1.165) is 5.69 Å². The van der Waals surface area contributed by atoms with Gasteiger partial charge in [-0.3, -0.25) is 4.57 Å². The maximum Gasteiger partial charge on any atom is 0.168 e. The third-order valence-electron chi connectivity index (χ3n) is 3.10. The van der Waals surface area contributed by atoms with Crippen LogP contribution in [0.3, 0.4) is 0 Å². The minimum atomic E-state index is -0.343. The molecule has 106 valence electrons. The maximum atomic E-state index is 13.8. The Labute approximate surface area is 129 Å². The van der Waals surface area contributed by atoms with Gasteiger partial charge in [-0.1, -0.05) is 18.2 Å². The molecule has 2 aromatic carbocycles. The number of hydrogen-bond donors (Lipinski definition) is 1. The lowest BCUT2D eigenvalue weighted by atomic mass is 10.2. The Morgan fingerprint density at radius 2 is 1.86 bits per heavy atom. The molecule has 21 heavy (non-hydrogen) atoms. The Balaban J connectivity index is 2.20. The fourth-order valence-electron chi connectivity index (χ4n) is 2.12. The van der Waals surface area contributed by atoms with Crippen LogP contribution in [0.15, 0.2) is 53.0 Å². The van der Waals surface area contributed by atoms with Gasteiger partial charge in [0.05, 0.1) is 11.0 Å². The molecule has 0 aliphatic heterocycles. The maximum absolute atomic E-state index is 13.8. The van der Waals surface area contributed by atoms with E-state index in [1.165, 1.54) is 6.07 Å². The number of para-hydroxylation sites is 1. The SMILES string of the molecule is NCc1nnc(-c2ccc(Br)c(F)c2)n1-c1ccccc1. The van der Waals surface area contributed by atoms with Crippen LogP contribution < -0.4 is 5.73 Å². The van der Waals surface area contributed by atoms with Crippen molar-refractivity contribution in [3.05, 3.63) is 64.6 Å². The van der Waals surface area contributed by atoms with E-state index >= 15 is 0 Å². The van der Waals surface area contributed by atoms with Crippen LogP contribution in [-0.2, 0) is 6.54 Å². The van der Waals surface area contributed by atoms with E-state index in [0.29, 0.717) is 21.7 Å². The molecule has 1 aromatic heterocycles. The molecule has 0 saturated heterocycles.